The predicted molar refractivity (Wildman–Crippen MR) is 80.4 cm³/mol. The lowest BCUT2D eigenvalue weighted by Crippen LogP contribution is -2.51. The third-order valence-corrected chi connectivity index (χ3v) is 4.34. The van der Waals surface area contributed by atoms with Gasteiger partial charge in [0.2, 0.25) is 5.91 Å². The van der Waals surface area contributed by atoms with Gasteiger partial charge in [0.25, 0.3) is 0 Å². The van der Waals surface area contributed by atoms with E-state index in [1.165, 1.54) is 4.88 Å². The molecule has 108 valence electrons. The minimum absolute atomic E-state index is 0.0342. The third kappa shape index (κ3) is 4.91. The molecule has 2 N–H and O–H groups in total. The number of carbonyl (C=O) groups excluding carboxylic acids is 1. The lowest BCUT2D eigenvalue weighted by Gasteiger charge is -2.27. The summed E-state index contributed by atoms with van der Waals surface area (Å²) in [6, 6.07) is -0.144. The van der Waals surface area contributed by atoms with Crippen molar-refractivity contribution in [2.24, 2.45) is 0 Å². The van der Waals surface area contributed by atoms with E-state index in [4.69, 9.17) is 0 Å². The molecule has 0 saturated carbocycles. The lowest BCUT2D eigenvalue weighted by atomic mass is 10.0. The molecule has 1 amide bonds. The van der Waals surface area contributed by atoms with E-state index in [0.717, 1.165) is 11.4 Å². The Hall–Kier alpha value is -0.940. The number of nitrogens with zero attached hydrogens (tertiary/aromatic N) is 1. The van der Waals surface area contributed by atoms with Crippen LogP contribution < -0.4 is 10.6 Å². The highest BCUT2D eigenvalue weighted by molar-refractivity contribution is 7.11. The summed E-state index contributed by atoms with van der Waals surface area (Å²) in [6.45, 7) is 12.1. The number of hydrogen-bond acceptors (Lipinski definition) is 4. The Morgan fingerprint density at radius 3 is 2.58 bits per heavy atom. The summed E-state index contributed by atoms with van der Waals surface area (Å²) in [5, 5.41) is 7.36. The normalized spacial score (nSPS) is 15.1. The fourth-order valence-corrected chi connectivity index (χ4v) is 2.41. The topological polar surface area (TPSA) is 54.0 Å². The largest absolute Gasteiger partial charge is 0.350 e. The zero-order valence-corrected chi connectivity index (χ0v) is 13.5. The highest BCUT2D eigenvalue weighted by Crippen LogP contribution is 2.19. The van der Waals surface area contributed by atoms with Gasteiger partial charge in [-0.25, -0.2) is 4.98 Å². The maximum Gasteiger partial charge on any atom is 0.237 e. The van der Waals surface area contributed by atoms with Crippen molar-refractivity contribution >= 4 is 17.2 Å². The summed E-state index contributed by atoms with van der Waals surface area (Å²) in [6.07, 6.45) is 2.77. The first-order chi connectivity index (χ1) is 8.75. The molecule has 0 bridgehead atoms. The summed E-state index contributed by atoms with van der Waals surface area (Å²) in [7, 11) is 0. The van der Waals surface area contributed by atoms with Crippen LogP contribution in [-0.4, -0.2) is 22.5 Å². The van der Waals surface area contributed by atoms with Gasteiger partial charge in [-0.15, -0.1) is 11.3 Å². The number of thiazole rings is 1. The monoisotopic (exact) mass is 283 g/mol. The van der Waals surface area contributed by atoms with Gasteiger partial charge in [0.05, 0.1) is 12.1 Å². The van der Waals surface area contributed by atoms with E-state index in [-0.39, 0.29) is 23.5 Å². The van der Waals surface area contributed by atoms with Crippen LogP contribution in [0.25, 0.3) is 0 Å². The van der Waals surface area contributed by atoms with Gasteiger partial charge >= 0.3 is 0 Å². The van der Waals surface area contributed by atoms with Gasteiger partial charge in [0, 0.05) is 16.6 Å². The van der Waals surface area contributed by atoms with Crippen molar-refractivity contribution in [3.63, 3.8) is 0 Å². The highest BCUT2D eigenvalue weighted by Gasteiger charge is 2.23. The van der Waals surface area contributed by atoms with Crippen LogP contribution in [0.1, 0.15) is 57.0 Å². The first kappa shape index (κ1) is 16.1. The number of hydrogen-bond donors (Lipinski definition) is 2. The van der Waals surface area contributed by atoms with Gasteiger partial charge < -0.3 is 5.32 Å². The number of aromatic nitrogens is 1. The Kier molecular flexibility index (Phi) is 5.50. The third-order valence-electron chi connectivity index (χ3n) is 3.25. The van der Waals surface area contributed by atoms with E-state index in [9.17, 15) is 4.79 Å². The van der Waals surface area contributed by atoms with Gasteiger partial charge in [-0.3, -0.25) is 10.1 Å². The van der Waals surface area contributed by atoms with Crippen molar-refractivity contribution in [3.05, 3.63) is 16.1 Å². The lowest BCUT2D eigenvalue weighted by molar-refractivity contribution is -0.124. The van der Waals surface area contributed by atoms with E-state index < -0.39 is 0 Å². The molecule has 1 heterocycles. The number of carbonyl (C=O) groups is 1. The number of aryl methyl sites for hydroxylation is 1. The molecule has 19 heavy (non-hydrogen) atoms. The van der Waals surface area contributed by atoms with Crippen LogP contribution in [0.15, 0.2) is 6.20 Å². The van der Waals surface area contributed by atoms with E-state index in [0.29, 0.717) is 0 Å². The average molecular weight is 283 g/mol. The summed E-state index contributed by atoms with van der Waals surface area (Å²) in [5.74, 6) is 0.0342. The average Bonchev–Trinajstić information content (AvgIpc) is 2.75. The predicted octanol–water partition coefficient (Wildman–Crippen LogP) is 2.80. The Bertz CT molecular complexity index is 428. The molecular weight excluding hydrogens is 258 g/mol. The highest BCUT2D eigenvalue weighted by atomic mass is 32.1. The van der Waals surface area contributed by atoms with Crippen molar-refractivity contribution in [2.45, 2.75) is 65.6 Å². The minimum atomic E-state index is -0.231. The molecule has 0 radical (unpaired) electrons. The van der Waals surface area contributed by atoms with Crippen molar-refractivity contribution in [3.8, 4) is 0 Å². The van der Waals surface area contributed by atoms with Crippen LogP contribution in [0.2, 0.25) is 0 Å². The molecule has 2 atom stereocenters. The standard InChI is InChI=1S/C14H25N3OS/c1-7-14(5,6)17-12(18)10(3)16-11(4)13-15-8-9(2)19-13/h8,10-11,16H,7H2,1-6H3,(H,17,18). The molecule has 1 aromatic heterocycles. The second kappa shape index (κ2) is 6.48. The Balaban J connectivity index is 2.54. The van der Waals surface area contributed by atoms with E-state index >= 15 is 0 Å². The summed E-state index contributed by atoms with van der Waals surface area (Å²) >= 11 is 1.66. The van der Waals surface area contributed by atoms with Crippen LogP contribution >= 0.6 is 11.3 Å². The summed E-state index contributed by atoms with van der Waals surface area (Å²) < 4.78 is 0. The van der Waals surface area contributed by atoms with Crippen LogP contribution in [0.5, 0.6) is 0 Å². The molecule has 5 heteroatoms. The Morgan fingerprint density at radius 2 is 2.11 bits per heavy atom. The van der Waals surface area contributed by atoms with Crippen molar-refractivity contribution in [2.75, 3.05) is 0 Å². The molecule has 0 aliphatic carbocycles. The van der Waals surface area contributed by atoms with Gasteiger partial charge in [-0.2, -0.15) is 0 Å². The molecule has 1 aromatic rings. The zero-order chi connectivity index (χ0) is 14.6. The van der Waals surface area contributed by atoms with Crippen molar-refractivity contribution < 1.29 is 4.79 Å². The van der Waals surface area contributed by atoms with E-state index in [1.54, 1.807) is 11.3 Å². The molecule has 2 unspecified atom stereocenters. The molecule has 0 aliphatic rings. The van der Waals surface area contributed by atoms with E-state index in [2.05, 4.69) is 22.5 Å². The molecule has 0 aromatic carbocycles. The maximum atomic E-state index is 12.1. The molecule has 1 rings (SSSR count). The SMILES string of the molecule is CCC(C)(C)NC(=O)C(C)NC(C)c1ncc(C)s1. The van der Waals surface area contributed by atoms with Gasteiger partial charge in [-0.1, -0.05) is 6.92 Å². The smallest absolute Gasteiger partial charge is 0.237 e. The molecule has 0 aliphatic heterocycles. The molecule has 0 spiro atoms. The first-order valence-electron chi connectivity index (χ1n) is 6.75. The second-order valence-electron chi connectivity index (χ2n) is 5.65. The van der Waals surface area contributed by atoms with Gasteiger partial charge in [0.15, 0.2) is 0 Å². The van der Waals surface area contributed by atoms with Crippen LogP contribution in [0.3, 0.4) is 0 Å². The zero-order valence-electron chi connectivity index (χ0n) is 12.7. The van der Waals surface area contributed by atoms with Gasteiger partial charge in [0.1, 0.15) is 5.01 Å². The minimum Gasteiger partial charge on any atom is -0.350 e. The van der Waals surface area contributed by atoms with Crippen LogP contribution in [0, 0.1) is 6.92 Å². The molecule has 4 nitrogen and oxygen atoms in total. The maximum absolute atomic E-state index is 12.1. The van der Waals surface area contributed by atoms with Gasteiger partial charge in [-0.05, 0) is 41.0 Å². The number of rotatable bonds is 6. The quantitative estimate of drug-likeness (QED) is 0.844. The second-order valence-corrected chi connectivity index (χ2v) is 6.91. The van der Waals surface area contributed by atoms with Crippen LogP contribution in [-0.2, 0) is 4.79 Å². The van der Waals surface area contributed by atoms with E-state index in [1.807, 2.05) is 40.8 Å². The fourth-order valence-electron chi connectivity index (χ4n) is 1.62. The summed E-state index contributed by atoms with van der Waals surface area (Å²) in [5.41, 5.74) is -0.159. The van der Waals surface area contributed by atoms with Crippen molar-refractivity contribution in [1.82, 2.24) is 15.6 Å². The fraction of sp³-hybridized carbons (Fsp3) is 0.714. The Labute approximate surface area is 120 Å². The Morgan fingerprint density at radius 1 is 1.47 bits per heavy atom. The number of nitrogens with one attached hydrogen (secondary N) is 2. The van der Waals surface area contributed by atoms with Crippen molar-refractivity contribution in [1.29, 1.82) is 0 Å². The van der Waals surface area contributed by atoms with Crippen LogP contribution in [0.4, 0.5) is 0 Å². The molecular formula is C14H25N3OS. The molecule has 0 fully saturated rings. The number of amides is 1. The summed E-state index contributed by atoms with van der Waals surface area (Å²) in [4.78, 5) is 17.6. The molecule has 0 saturated heterocycles. The first-order valence-corrected chi connectivity index (χ1v) is 7.57.